The van der Waals surface area contributed by atoms with Gasteiger partial charge >= 0.3 is 29.8 Å². The van der Waals surface area contributed by atoms with Crippen LogP contribution in [0.5, 0.6) is 0 Å². The highest BCUT2D eigenvalue weighted by atomic mass is 16.6. The van der Waals surface area contributed by atoms with E-state index in [1.54, 1.807) is 0 Å². The smallest absolute Gasteiger partial charge is 0.303 e. The first-order chi connectivity index (χ1) is 12.4. The molecule has 0 bridgehead atoms. The van der Waals surface area contributed by atoms with Crippen molar-refractivity contribution >= 4 is 35.6 Å². The molecule has 0 aliphatic rings. The largest absolute Gasteiger partial charge is 0.462 e. The van der Waals surface area contributed by atoms with Crippen LogP contribution in [0.4, 0.5) is 0 Å². The summed E-state index contributed by atoms with van der Waals surface area (Å²) in [6.07, 6.45) is -4.87. The van der Waals surface area contributed by atoms with E-state index in [4.69, 9.17) is 18.9 Å². The third kappa shape index (κ3) is 10.6. The van der Waals surface area contributed by atoms with Crippen molar-refractivity contribution in [2.75, 3.05) is 13.2 Å². The Labute approximate surface area is 155 Å². The zero-order chi connectivity index (χ0) is 21.1. The number of hydrogen-bond donors (Lipinski definition) is 0. The fourth-order valence-electron chi connectivity index (χ4n) is 1.88. The van der Waals surface area contributed by atoms with Gasteiger partial charge < -0.3 is 23.7 Å². The molecule has 0 spiro atoms. The molecule has 0 rings (SSSR count). The molecular weight excluding hydrogens is 368 g/mol. The quantitative estimate of drug-likeness (QED) is 0.350. The summed E-state index contributed by atoms with van der Waals surface area (Å²) < 4.78 is 24.2. The number of esters is 5. The monoisotopic (exact) mass is 390 g/mol. The Hall–Kier alpha value is -2.98. The minimum atomic E-state index is -1.77. The lowest BCUT2D eigenvalue weighted by Crippen LogP contribution is -2.51. The van der Waals surface area contributed by atoms with Crippen LogP contribution in [0.2, 0.25) is 0 Å². The van der Waals surface area contributed by atoms with Crippen LogP contribution in [0.1, 0.15) is 34.6 Å². The third-order valence-corrected chi connectivity index (χ3v) is 2.76. The van der Waals surface area contributed by atoms with Gasteiger partial charge in [-0.1, -0.05) is 0 Å². The minimum Gasteiger partial charge on any atom is -0.462 e. The molecule has 0 aliphatic heterocycles. The Morgan fingerprint density at radius 2 is 1.11 bits per heavy atom. The standard InChI is InChI=1S/C16H22O11/c1-8(17)23-6-13(22)15(26-11(4)20)16(27-12(5)21)14(25-10(3)19)7-24-9(2)18/h14-16H,6-7H2,1-5H3/t14-,15-,16-/m1/s1. The van der Waals surface area contributed by atoms with Gasteiger partial charge in [-0.25, -0.2) is 0 Å². The third-order valence-electron chi connectivity index (χ3n) is 2.76. The lowest BCUT2D eigenvalue weighted by molar-refractivity contribution is -0.191. The summed E-state index contributed by atoms with van der Waals surface area (Å²) in [6.45, 7) is 3.81. The van der Waals surface area contributed by atoms with E-state index < -0.39 is 67.2 Å². The topological polar surface area (TPSA) is 149 Å². The Morgan fingerprint density at radius 1 is 0.630 bits per heavy atom. The van der Waals surface area contributed by atoms with Crippen molar-refractivity contribution in [3.8, 4) is 0 Å². The first kappa shape index (κ1) is 24.0. The molecule has 0 aromatic carbocycles. The average molecular weight is 390 g/mol. The van der Waals surface area contributed by atoms with Gasteiger partial charge in [-0.3, -0.25) is 28.8 Å². The second kappa shape index (κ2) is 11.6. The maximum atomic E-state index is 12.3. The highest BCUT2D eigenvalue weighted by Gasteiger charge is 2.42. The highest BCUT2D eigenvalue weighted by Crippen LogP contribution is 2.16. The molecule has 0 N–H and O–H groups in total. The molecule has 0 saturated carbocycles. The van der Waals surface area contributed by atoms with Crippen LogP contribution in [-0.2, 0) is 52.5 Å². The molecule has 3 atom stereocenters. The zero-order valence-corrected chi connectivity index (χ0v) is 15.6. The van der Waals surface area contributed by atoms with Crippen LogP contribution >= 0.6 is 0 Å². The zero-order valence-electron chi connectivity index (χ0n) is 15.6. The second-order valence-electron chi connectivity index (χ2n) is 5.30. The summed E-state index contributed by atoms with van der Waals surface area (Å²) in [6, 6.07) is 0. The molecule has 0 radical (unpaired) electrons. The first-order valence-corrected chi connectivity index (χ1v) is 7.75. The van der Waals surface area contributed by atoms with Crippen molar-refractivity contribution in [3.63, 3.8) is 0 Å². The van der Waals surface area contributed by atoms with Crippen molar-refractivity contribution in [1.29, 1.82) is 0 Å². The van der Waals surface area contributed by atoms with Crippen LogP contribution in [0.15, 0.2) is 0 Å². The molecular formula is C16H22O11. The van der Waals surface area contributed by atoms with E-state index in [2.05, 4.69) is 4.74 Å². The number of carbonyl (C=O) groups is 6. The number of ketones is 1. The van der Waals surface area contributed by atoms with Gasteiger partial charge in [0.25, 0.3) is 0 Å². The summed E-state index contributed by atoms with van der Waals surface area (Å²) in [5.41, 5.74) is 0. The predicted molar refractivity (Wildman–Crippen MR) is 84.9 cm³/mol. The van der Waals surface area contributed by atoms with E-state index in [9.17, 15) is 28.8 Å². The average Bonchev–Trinajstić information content (AvgIpc) is 2.51. The molecule has 0 aromatic rings. The molecule has 152 valence electrons. The number of ether oxygens (including phenoxy) is 5. The van der Waals surface area contributed by atoms with Gasteiger partial charge in [0.2, 0.25) is 11.9 Å². The minimum absolute atomic E-state index is 0.578. The van der Waals surface area contributed by atoms with Crippen molar-refractivity contribution in [1.82, 2.24) is 0 Å². The van der Waals surface area contributed by atoms with Crippen molar-refractivity contribution in [3.05, 3.63) is 0 Å². The summed E-state index contributed by atoms with van der Waals surface area (Å²) in [7, 11) is 0. The molecule has 0 fully saturated rings. The van der Waals surface area contributed by atoms with E-state index in [0.717, 1.165) is 34.6 Å². The van der Waals surface area contributed by atoms with E-state index in [0.29, 0.717) is 0 Å². The van der Waals surface area contributed by atoms with Gasteiger partial charge in [0, 0.05) is 34.6 Å². The van der Waals surface area contributed by atoms with Crippen LogP contribution in [0.3, 0.4) is 0 Å². The van der Waals surface area contributed by atoms with Crippen LogP contribution in [0.25, 0.3) is 0 Å². The summed E-state index contributed by atoms with van der Waals surface area (Å²) >= 11 is 0. The maximum absolute atomic E-state index is 12.3. The molecule has 11 nitrogen and oxygen atoms in total. The number of rotatable bonds is 10. The van der Waals surface area contributed by atoms with Gasteiger partial charge in [0.15, 0.2) is 18.8 Å². The molecule has 0 unspecified atom stereocenters. The van der Waals surface area contributed by atoms with Crippen LogP contribution in [0, 0.1) is 0 Å². The lowest BCUT2D eigenvalue weighted by Gasteiger charge is -2.30. The van der Waals surface area contributed by atoms with Crippen LogP contribution in [-0.4, -0.2) is 67.2 Å². The number of Topliss-reactive ketones (excluding diaryl/α,β-unsaturated/α-hetero) is 1. The molecule has 27 heavy (non-hydrogen) atoms. The summed E-state index contributed by atoms with van der Waals surface area (Å²) in [5.74, 6) is -5.08. The predicted octanol–water partition coefficient (Wildman–Crippen LogP) is -0.523. The Balaban J connectivity index is 5.80. The van der Waals surface area contributed by atoms with Gasteiger partial charge in [0.1, 0.15) is 6.61 Å². The lowest BCUT2D eigenvalue weighted by atomic mass is 10.0. The first-order valence-electron chi connectivity index (χ1n) is 7.75. The van der Waals surface area contributed by atoms with Crippen molar-refractivity contribution in [2.24, 2.45) is 0 Å². The van der Waals surface area contributed by atoms with Gasteiger partial charge in [-0.2, -0.15) is 0 Å². The maximum Gasteiger partial charge on any atom is 0.303 e. The molecule has 0 saturated heterocycles. The van der Waals surface area contributed by atoms with E-state index in [-0.39, 0.29) is 0 Å². The molecule has 11 heteroatoms. The van der Waals surface area contributed by atoms with E-state index >= 15 is 0 Å². The summed E-state index contributed by atoms with van der Waals surface area (Å²) in [4.78, 5) is 68.5. The van der Waals surface area contributed by atoms with Crippen LogP contribution < -0.4 is 0 Å². The number of carbonyl (C=O) groups excluding carboxylic acids is 6. The fourth-order valence-corrected chi connectivity index (χ4v) is 1.88. The van der Waals surface area contributed by atoms with E-state index in [1.807, 2.05) is 0 Å². The Kier molecular flexibility index (Phi) is 10.3. The molecule has 0 aliphatic carbocycles. The Morgan fingerprint density at radius 3 is 1.52 bits per heavy atom. The highest BCUT2D eigenvalue weighted by molar-refractivity contribution is 5.88. The van der Waals surface area contributed by atoms with Crippen molar-refractivity contribution in [2.45, 2.75) is 52.9 Å². The normalized spacial score (nSPS) is 13.4. The molecule has 0 aromatic heterocycles. The SMILES string of the molecule is CC(=O)OCC(=O)[C@@H](OC(C)=O)[C@H](OC(C)=O)[C@@H](COC(C)=O)OC(C)=O. The fraction of sp³-hybridized carbons (Fsp3) is 0.625. The summed E-state index contributed by atoms with van der Waals surface area (Å²) in [5, 5.41) is 0. The molecule has 0 heterocycles. The van der Waals surface area contributed by atoms with Crippen molar-refractivity contribution < 1.29 is 52.5 Å². The number of hydrogen-bond acceptors (Lipinski definition) is 11. The van der Waals surface area contributed by atoms with Gasteiger partial charge in [-0.15, -0.1) is 0 Å². The Bertz CT molecular complexity index is 595. The molecule has 0 amide bonds. The van der Waals surface area contributed by atoms with Gasteiger partial charge in [0.05, 0.1) is 0 Å². The van der Waals surface area contributed by atoms with Gasteiger partial charge in [-0.05, 0) is 0 Å². The van der Waals surface area contributed by atoms with E-state index in [1.165, 1.54) is 0 Å². The second-order valence-corrected chi connectivity index (χ2v) is 5.30.